The number of nitro groups is 2. The van der Waals surface area contributed by atoms with Crippen LogP contribution in [-0.4, -0.2) is 22.9 Å². The molecule has 0 aliphatic carbocycles. The van der Waals surface area contributed by atoms with Crippen molar-refractivity contribution >= 4 is 17.3 Å². The Balaban J connectivity index is 3.35. The first-order valence-electron chi connectivity index (χ1n) is 4.02. The average molecular weight is 225 g/mol. The molecule has 1 N–H and O–H groups in total. The first-order chi connectivity index (χ1) is 7.45. The predicted molar refractivity (Wildman–Crippen MR) is 53.6 cm³/mol. The highest BCUT2D eigenvalue weighted by Gasteiger charge is 2.18. The van der Waals surface area contributed by atoms with E-state index >= 15 is 0 Å². The van der Waals surface area contributed by atoms with Gasteiger partial charge in [0.15, 0.2) is 0 Å². The normalized spacial score (nSPS) is 9.56. The van der Waals surface area contributed by atoms with Gasteiger partial charge in [0.2, 0.25) is 5.90 Å². The number of ether oxygens (including phenoxy) is 1. The molecule has 0 bridgehead atoms. The smallest absolute Gasteiger partial charge is 0.277 e. The molecule has 1 aromatic rings. The molecule has 0 spiro atoms. The molecule has 1 aromatic carbocycles. The molecule has 0 radical (unpaired) electrons. The van der Waals surface area contributed by atoms with Crippen LogP contribution in [0.4, 0.5) is 11.4 Å². The van der Waals surface area contributed by atoms with Crippen LogP contribution in [0, 0.1) is 25.6 Å². The fourth-order valence-corrected chi connectivity index (χ4v) is 1.05. The minimum atomic E-state index is -0.764. The average Bonchev–Trinajstić information content (AvgIpc) is 2.27. The highest BCUT2D eigenvalue weighted by atomic mass is 16.6. The topological polar surface area (TPSA) is 119 Å². The van der Waals surface area contributed by atoms with Crippen LogP contribution in [0.3, 0.4) is 0 Å². The second-order valence-electron chi connectivity index (χ2n) is 2.79. The van der Waals surface area contributed by atoms with Crippen molar-refractivity contribution in [2.45, 2.75) is 0 Å². The first kappa shape index (κ1) is 11.6. The van der Waals surface area contributed by atoms with Gasteiger partial charge in [0.1, 0.15) is 0 Å². The van der Waals surface area contributed by atoms with Crippen molar-refractivity contribution in [3.8, 4) is 0 Å². The molecule has 0 fully saturated rings. The van der Waals surface area contributed by atoms with Gasteiger partial charge in [-0.3, -0.25) is 25.6 Å². The van der Waals surface area contributed by atoms with Crippen LogP contribution >= 0.6 is 0 Å². The van der Waals surface area contributed by atoms with E-state index in [2.05, 4.69) is 4.74 Å². The summed E-state index contributed by atoms with van der Waals surface area (Å²) in [6.07, 6.45) is 0. The van der Waals surface area contributed by atoms with E-state index in [9.17, 15) is 20.2 Å². The Bertz CT molecular complexity index is 438. The highest BCUT2D eigenvalue weighted by molar-refractivity contribution is 5.93. The third-order valence-corrected chi connectivity index (χ3v) is 1.79. The molecule has 0 amide bonds. The molecule has 0 unspecified atom stereocenters. The van der Waals surface area contributed by atoms with Gasteiger partial charge < -0.3 is 4.74 Å². The number of hydrogen-bond donors (Lipinski definition) is 1. The number of benzene rings is 1. The van der Waals surface area contributed by atoms with Gasteiger partial charge in [0, 0.05) is 17.7 Å². The van der Waals surface area contributed by atoms with E-state index in [1.807, 2.05) is 0 Å². The van der Waals surface area contributed by atoms with Crippen LogP contribution in [0.2, 0.25) is 0 Å². The zero-order valence-corrected chi connectivity index (χ0v) is 8.17. The molecule has 0 atom stereocenters. The van der Waals surface area contributed by atoms with Crippen molar-refractivity contribution < 1.29 is 14.6 Å². The van der Waals surface area contributed by atoms with Crippen molar-refractivity contribution in [2.75, 3.05) is 7.11 Å². The number of nitro benzene ring substituents is 2. The van der Waals surface area contributed by atoms with Crippen molar-refractivity contribution in [1.29, 1.82) is 5.41 Å². The summed E-state index contributed by atoms with van der Waals surface area (Å²) >= 11 is 0. The number of hydrogen-bond acceptors (Lipinski definition) is 6. The molecule has 0 saturated heterocycles. The van der Waals surface area contributed by atoms with Gasteiger partial charge >= 0.3 is 0 Å². The Hall–Kier alpha value is -2.51. The van der Waals surface area contributed by atoms with Crippen LogP contribution in [0.5, 0.6) is 0 Å². The quantitative estimate of drug-likeness (QED) is 0.361. The molecule has 8 nitrogen and oxygen atoms in total. The molecule has 8 heteroatoms. The summed E-state index contributed by atoms with van der Waals surface area (Å²) in [5, 5.41) is 28.3. The Labute approximate surface area is 89.3 Å². The minimum Gasteiger partial charge on any atom is -0.481 e. The minimum absolute atomic E-state index is 0.0107. The lowest BCUT2D eigenvalue weighted by atomic mass is 10.1. The first-order valence-corrected chi connectivity index (χ1v) is 4.02. The summed E-state index contributed by atoms with van der Waals surface area (Å²) in [5.74, 6) is -0.369. The van der Waals surface area contributed by atoms with E-state index in [1.165, 1.54) is 7.11 Å². The summed E-state index contributed by atoms with van der Waals surface area (Å²) in [4.78, 5) is 19.5. The number of non-ortho nitro benzene ring substituents is 2. The van der Waals surface area contributed by atoms with Gasteiger partial charge in [-0.15, -0.1) is 0 Å². The predicted octanol–water partition coefficient (Wildman–Crippen LogP) is 1.47. The Kier molecular flexibility index (Phi) is 3.14. The SMILES string of the molecule is COC(=N)c1cc([N+](=O)[O-])cc([N+](=O)[O-])c1. The zero-order chi connectivity index (χ0) is 12.3. The van der Waals surface area contributed by atoms with E-state index in [0.717, 1.165) is 18.2 Å². The standard InChI is InChI=1S/C8H7N3O5/c1-16-8(9)5-2-6(10(12)13)4-7(3-5)11(14)15/h2-4,9H,1H3. The van der Waals surface area contributed by atoms with Crippen molar-refractivity contribution in [1.82, 2.24) is 0 Å². The van der Waals surface area contributed by atoms with E-state index < -0.39 is 21.2 Å². The maximum absolute atomic E-state index is 10.5. The summed E-state index contributed by atoms with van der Waals surface area (Å²) in [6.45, 7) is 0. The fraction of sp³-hybridized carbons (Fsp3) is 0.125. The highest BCUT2D eigenvalue weighted by Crippen LogP contribution is 2.22. The molecule has 0 saturated carbocycles. The fourth-order valence-electron chi connectivity index (χ4n) is 1.05. The third-order valence-electron chi connectivity index (χ3n) is 1.79. The van der Waals surface area contributed by atoms with Gasteiger partial charge in [-0.1, -0.05) is 0 Å². The van der Waals surface area contributed by atoms with E-state index in [4.69, 9.17) is 5.41 Å². The molecule has 1 rings (SSSR count). The van der Waals surface area contributed by atoms with Crippen LogP contribution in [0.1, 0.15) is 5.56 Å². The summed E-state index contributed by atoms with van der Waals surface area (Å²) in [5.41, 5.74) is -0.916. The Morgan fingerprint density at radius 3 is 1.94 bits per heavy atom. The van der Waals surface area contributed by atoms with Crippen LogP contribution in [0.25, 0.3) is 0 Å². The molecule has 0 heterocycles. The largest absolute Gasteiger partial charge is 0.481 e. The van der Waals surface area contributed by atoms with Gasteiger partial charge in [0.05, 0.1) is 23.0 Å². The lowest BCUT2D eigenvalue weighted by molar-refractivity contribution is -0.394. The lowest BCUT2D eigenvalue weighted by Gasteiger charge is -2.01. The van der Waals surface area contributed by atoms with Crippen LogP contribution in [-0.2, 0) is 4.74 Å². The van der Waals surface area contributed by atoms with Gasteiger partial charge in [-0.25, -0.2) is 0 Å². The maximum Gasteiger partial charge on any atom is 0.277 e. The second kappa shape index (κ2) is 4.34. The summed E-state index contributed by atoms with van der Waals surface area (Å²) in [6, 6.07) is 2.91. The number of nitrogens with one attached hydrogen (secondary N) is 1. The molecular formula is C8H7N3O5. The van der Waals surface area contributed by atoms with E-state index in [0.29, 0.717) is 0 Å². The molecule has 0 aliphatic heterocycles. The van der Waals surface area contributed by atoms with Gasteiger partial charge in [0.25, 0.3) is 11.4 Å². The monoisotopic (exact) mass is 225 g/mol. The van der Waals surface area contributed by atoms with Crippen molar-refractivity contribution in [3.05, 3.63) is 44.0 Å². The second-order valence-corrected chi connectivity index (χ2v) is 2.79. The molecular weight excluding hydrogens is 218 g/mol. The third kappa shape index (κ3) is 2.29. The molecule has 84 valence electrons. The lowest BCUT2D eigenvalue weighted by Crippen LogP contribution is -2.03. The van der Waals surface area contributed by atoms with Crippen LogP contribution in [0.15, 0.2) is 18.2 Å². The molecule has 0 aliphatic rings. The number of nitrogens with zero attached hydrogens (tertiary/aromatic N) is 2. The van der Waals surface area contributed by atoms with Crippen molar-refractivity contribution in [3.63, 3.8) is 0 Å². The molecule has 16 heavy (non-hydrogen) atoms. The van der Waals surface area contributed by atoms with Crippen molar-refractivity contribution in [2.24, 2.45) is 0 Å². The van der Waals surface area contributed by atoms with Crippen LogP contribution < -0.4 is 0 Å². The maximum atomic E-state index is 10.5. The molecule has 0 aromatic heterocycles. The Morgan fingerprint density at radius 1 is 1.19 bits per heavy atom. The zero-order valence-electron chi connectivity index (χ0n) is 8.17. The number of methoxy groups -OCH3 is 1. The summed E-state index contributed by atoms with van der Waals surface area (Å²) < 4.78 is 4.54. The van der Waals surface area contributed by atoms with Gasteiger partial charge in [-0.2, -0.15) is 0 Å². The summed E-state index contributed by atoms with van der Waals surface area (Å²) in [7, 11) is 1.20. The Morgan fingerprint density at radius 2 is 1.62 bits per heavy atom. The van der Waals surface area contributed by atoms with E-state index in [-0.39, 0.29) is 11.5 Å². The van der Waals surface area contributed by atoms with Gasteiger partial charge in [-0.05, 0) is 0 Å². The number of rotatable bonds is 3. The van der Waals surface area contributed by atoms with E-state index in [1.54, 1.807) is 0 Å².